The maximum absolute atomic E-state index is 13.8. The van der Waals surface area contributed by atoms with Crippen LogP contribution in [-0.4, -0.2) is 49.5 Å². The zero-order chi connectivity index (χ0) is 34.8. The molecule has 2 heterocycles. The second-order valence-corrected chi connectivity index (χ2v) is 16.6. The minimum Gasteiger partial charge on any atom is -0.481 e. The summed E-state index contributed by atoms with van der Waals surface area (Å²) in [6.07, 6.45) is 9.05. The smallest absolute Gasteiger partial charge is 0.303 e. The molecule has 0 bridgehead atoms. The summed E-state index contributed by atoms with van der Waals surface area (Å²) >= 11 is 7.86. The van der Waals surface area contributed by atoms with E-state index in [4.69, 9.17) is 16.6 Å². The molecule has 0 radical (unpaired) electrons. The molecule has 3 aromatic carbocycles. The topological polar surface area (TPSA) is 135 Å². The van der Waals surface area contributed by atoms with Gasteiger partial charge in [0, 0.05) is 21.4 Å². The largest absolute Gasteiger partial charge is 0.481 e. The van der Waals surface area contributed by atoms with Crippen LogP contribution in [0, 0.1) is 5.41 Å². The van der Waals surface area contributed by atoms with E-state index >= 15 is 0 Å². The van der Waals surface area contributed by atoms with Crippen molar-refractivity contribution in [2.24, 2.45) is 5.41 Å². The van der Waals surface area contributed by atoms with E-state index in [0.717, 1.165) is 50.8 Å². The number of aliphatic hydroxyl groups is 1. The number of benzene rings is 3. The van der Waals surface area contributed by atoms with Gasteiger partial charge < -0.3 is 10.2 Å². The van der Waals surface area contributed by atoms with Crippen LogP contribution in [0.1, 0.15) is 72.7 Å². The number of hydrogen-bond acceptors (Lipinski definition) is 8. The summed E-state index contributed by atoms with van der Waals surface area (Å²) in [7, 11) is -4.07. The third kappa shape index (κ3) is 8.41. The van der Waals surface area contributed by atoms with Crippen LogP contribution < -0.4 is 0 Å². The first-order chi connectivity index (χ1) is 23.3. The fourth-order valence-corrected chi connectivity index (χ4v) is 8.86. The van der Waals surface area contributed by atoms with Crippen molar-refractivity contribution >= 4 is 62.4 Å². The number of pyridine rings is 1. The number of carboxylic acid groups (broad SMARTS) is 1. The molecule has 9 nitrogen and oxygen atoms in total. The van der Waals surface area contributed by atoms with E-state index < -0.39 is 21.6 Å². The van der Waals surface area contributed by atoms with Gasteiger partial charge in [0.1, 0.15) is 12.7 Å². The maximum Gasteiger partial charge on any atom is 0.303 e. The minimum absolute atomic E-state index is 0.0579. The van der Waals surface area contributed by atoms with E-state index in [1.54, 1.807) is 43.8 Å². The van der Waals surface area contributed by atoms with Gasteiger partial charge in [0.15, 0.2) is 0 Å². The lowest BCUT2D eigenvalue weighted by Crippen LogP contribution is -2.18. The van der Waals surface area contributed by atoms with E-state index in [1.807, 2.05) is 66.7 Å². The lowest BCUT2D eigenvalue weighted by Gasteiger charge is -2.24. The summed E-state index contributed by atoms with van der Waals surface area (Å²) in [6, 6.07) is 22.4. The molecule has 0 spiro atoms. The van der Waals surface area contributed by atoms with Crippen molar-refractivity contribution in [3.63, 3.8) is 0 Å². The first-order valence-corrected chi connectivity index (χ1v) is 18.8. The zero-order valence-corrected chi connectivity index (χ0v) is 29.5. The number of thioether (sulfide) groups is 1. The molecule has 0 saturated heterocycles. The monoisotopic (exact) mass is 716 g/mol. The van der Waals surface area contributed by atoms with Gasteiger partial charge in [-0.2, -0.15) is 20.2 Å². The molecule has 1 atom stereocenters. The highest BCUT2D eigenvalue weighted by molar-refractivity contribution is 7.99. The molecule has 1 saturated carbocycles. The maximum atomic E-state index is 13.8. The van der Waals surface area contributed by atoms with Gasteiger partial charge in [-0.15, -0.1) is 9.19 Å². The summed E-state index contributed by atoms with van der Waals surface area (Å²) in [5, 5.41) is 25.7. The number of aromatic nitrogens is 4. The highest BCUT2D eigenvalue weighted by Gasteiger charge is 2.44. The molecule has 12 heteroatoms. The molecule has 49 heavy (non-hydrogen) atoms. The molecule has 0 amide bonds. The minimum atomic E-state index is -4.07. The number of aryl methyl sites for hydroxylation is 1. The fourth-order valence-electron chi connectivity index (χ4n) is 6.00. The third-order valence-corrected chi connectivity index (χ3v) is 12.3. The molecule has 2 N–H and O–H groups in total. The van der Waals surface area contributed by atoms with E-state index in [-0.39, 0.29) is 22.0 Å². The van der Waals surface area contributed by atoms with Crippen LogP contribution in [-0.2, 0) is 26.8 Å². The van der Waals surface area contributed by atoms with Gasteiger partial charge in [-0.25, -0.2) is 9.97 Å². The van der Waals surface area contributed by atoms with Crippen LogP contribution in [0.25, 0.3) is 23.1 Å². The Balaban J connectivity index is 1.40. The molecule has 1 aliphatic rings. The second kappa shape index (κ2) is 14.1. The van der Waals surface area contributed by atoms with Crippen LogP contribution >= 0.6 is 23.4 Å². The number of nitrogens with zero attached hydrogens (tertiary/aromatic N) is 4. The van der Waals surface area contributed by atoms with Crippen LogP contribution in [0.5, 0.6) is 0 Å². The Labute approximate surface area is 295 Å². The van der Waals surface area contributed by atoms with Crippen LogP contribution in [0.4, 0.5) is 0 Å². The molecule has 5 aromatic rings. The summed E-state index contributed by atoms with van der Waals surface area (Å²) in [5.41, 5.74) is 3.40. The van der Waals surface area contributed by atoms with Gasteiger partial charge in [0.25, 0.3) is 10.0 Å². The Morgan fingerprint density at radius 1 is 1.08 bits per heavy atom. The van der Waals surface area contributed by atoms with Gasteiger partial charge in [-0.3, -0.25) is 4.79 Å². The number of carboxylic acids is 1. The van der Waals surface area contributed by atoms with Gasteiger partial charge in [0.05, 0.1) is 28.1 Å². The van der Waals surface area contributed by atoms with Gasteiger partial charge in [-0.1, -0.05) is 60.1 Å². The molecular formula is C37H37ClN4O5S2. The van der Waals surface area contributed by atoms with Crippen LogP contribution in [0.15, 0.2) is 90.3 Å². The van der Waals surface area contributed by atoms with Crippen LogP contribution in [0.2, 0.25) is 5.02 Å². The predicted molar refractivity (Wildman–Crippen MR) is 194 cm³/mol. The molecule has 1 fully saturated rings. The number of hydrogen-bond donors (Lipinski definition) is 2. The highest BCUT2D eigenvalue weighted by Crippen LogP contribution is 2.53. The molecule has 0 aliphatic heterocycles. The van der Waals surface area contributed by atoms with Crippen molar-refractivity contribution in [2.45, 2.75) is 61.7 Å². The first kappa shape index (κ1) is 34.8. The summed E-state index contributed by atoms with van der Waals surface area (Å²) in [4.78, 5) is 20.3. The van der Waals surface area contributed by atoms with E-state index in [0.29, 0.717) is 34.9 Å². The SMILES string of the molecule is CC(C)(O)c1ccccc1CC[C@@H](SCC1(CC(=O)O)CC1)c1cc(/C=C/c2ccc3ccc(Cl)cc3n2)cc(S(=O)(=O)n2cncn2)c1. The summed E-state index contributed by atoms with van der Waals surface area (Å²) in [5.74, 6) is -0.182. The molecule has 1 aliphatic carbocycles. The molecule has 6 rings (SSSR count). The van der Waals surface area contributed by atoms with Crippen molar-refractivity contribution < 1.29 is 23.4 Å². The Kier molecular flexibility index (Phi) is 10.00. The Bertz CT molecular complexity index is 2120. The Morgan fingerprint density at radius 3 is 2.57 bits per heavy atom. The Hall–Kier alpha value is -4.03. The van der Waals surface area contributed by atoms with Crippen molar-refractivity contribution in [3.05, 3.63) is 118 Å². The van der Waals surface area contributed by atoms with E-state index in [9.17, 15) is 23.4 Å². The zero-order valence-electron chi connectivity index (χ0n) is 27.2. The molecule has 0 unspecified atom stereocenters. The number of aliphatic carboxylic acids is 1. The standard InChI is InChI=1S/C37H37ClN4O5S2/c1-36(2,45)32-6-4-3-5-26(32)10-14-34(48-22-37(15-16-37)21-35(43)44)28-17-25(18-31(19-28)49(46,47)42-24-39-23-40-42)7-12-30-13-9-27-8-11-29(38)20-33(27)41-30/h3-9,11-13,17-20,23-24,34,45H,10,14-16,21-22H2,1-2H3,(H,43,44)/b12-7+/t34-/m1/s1. The first-order valence-electron chi connectivity index (χ1n) is 16.0. The van der Waals surface area contributed by atoms with Crippen molar-refractivity contribution in [3.8, 4) is 0 Å². The number of rotatable bonds is 14. The lowest BCUT2D eigenvalue weighted by atomic mass is 9.90. The molecular weight excluding hydrogens is 680 g/mol. The van der Waals surface area contributed by atoms with Gasteiger partial charge in [0.2, 0.25) is 0 Å². The highest BCUT2D eigenvalue weighted by atomic mass is 35.5. The Morgan fingerprint density at radius 2 is 1.86 bits per heavy atom. The van der Waals surface area contributed by atoms with Crippen LogP contribution in [0.3, 0.4) is 0 Å². The average Bonchev–Trinajstić information content (AvgIpc) is 3.56. The number of fused-ring (bicyclic) bond motifs is 1. The van der Waals surface area contributed by atoms with E-state index in [2.05, 4.69) is 10.1 Å². The third-order valence-electron chi connectivity index (χ3n) is 8.81. The van der Waals surface area contributed by atoms with Crippen molar-refractivity contribution in [1.29, 1.82) is 0 Å². The lowest BCUT2D eigenvalue weighted by molar-refractivity contribution is -0.138. The van der Waals surface area contributed by atoms with Crippen molar-refractivity contribution in [1.82, 2.24) is 19.2 Å². The second-order valence-electron chi connectivity index (χ2n) is 13.1. The predicted octanol–water partition coefficient (Wildman–Crippen LogP) is 7.78. The summed E-state index contributed by atoms with van der Waals surface area (Å²) in [6.45, 7) is 3.52. The quantitative estimate of drug-likeness (QED) is 0.118. The van der Waals surface area contributed by atoms with Gasteiger partial charge in [-0.05, 0) is 104 Å². The fraction of sp³-hybridized carbons (Fsp3) is 0.297. The number of halogens is 1. The van der Waals surface area contributed by atoms with Crippen molar-refractivity contribution in [2.75, 3.05) is 5.75 Å². The molecule has 2 aromatic heterocycles. The normalized spacial score (nSPS) is 15.1. The number of carbonyl (C=O) groups is 1. The summed E-state index contributed by atoms with van der Waals surface area (Å²) < 4.78 is 28.4. The molecule has 254 valence electrons. The average molecular weight is 717 g/mol. The van der Waals surface area contributed by atoms with E-state index in [1.165, 1.54) is 6.33 Å². The van der Waals surface area contributed by atoms with Gasteiger partial charge >= 0.3 is 5.97 Å².